The van der Waals surface area contributed by atoms with Crippen molar-refractivity contribution in [2.75, 3.05) is 0 Å². The summed E-state index contributed by atoms with van der Waals surface area (Å²) in [5.41, 5.74) is 15.3. The van der Waals surface area contributed by atoms with E-state index in [0.29, 0.717) is 5.92 Å². The molecule has 0 aromatic heterocycles. The van der Waals surface area contributed by atoms with Crippen molar-refractivity contribution in [2.45, 2.75) is 57.9 Å². The van der Waals surface area contributed by atoms with Crippen LogP contribution < -0.4 is 5.73 Å². The molecule has 1 heteroatoms. The van der Waals surface area contributed by atoms with E-state index in [-0.39, 0.29) is 6.04 Å². The second kappa shape index (κ2) is 4.84. The molecule has 1 nitrogen and oxygen atoms in total. The lowest BCUT2D eigenvalue weighted by Gasteiger charge is -2.19. The minimum Gasteiger partial charge on any atom is -0.324 e. The van der Waals surface area contributed by atoms with Crippen LogP contribution in [0.4, 0.5) is 0 Å². The van der Waals surface area contributed by atoms with Gasteiger partial charge in [-0.3, -0.25) is 0 Å². The second-order valence-electron chi connectivity index (χ2n) is 7.20. The van der Waals surface area contributed by atoms with E-state index in [9.17, 15) is 0 Å². The van der Waals surface area contributed by atoms with Gasteiger partial charge >= 0.3 is 0 Å². The van der Waals surface area contributed by atoms with Crippen LogP contribution in [0, 0.1) is 12.8 Å². The first-order valence-corrected chi connectivity index (χ1v) is 8.45. The minimum atomic E-state index is 0.227. The van der Waals surface area contributed by atoms with E-state index in [1.54, 1.807) is 5.57 Å². The maximum Gasteiger partial charge on any atom is 0.0303 e. The highest BCUT2D eigenvalue weighted by atomic mass is 14.7. The van der Waals surface area contributed by atoms with E-state index >= 15 is 0 Å². The number of allylic oxidation sites excluding steroid dienone is 2. The fourth-order valence-corrected chi connectivity index (χ4v) is 4.24. The van der Waals surface area contributed by atoms with Crippen molar-refractivity contribution < 1.29 is 0 Å². The third-order valence-corrected chi connectivity index (χ3v) is 5.50. The topological polar surface area (TPSA) is 26.0 Å². The SMILES string of the molecule is Cc1cc2c(c3c1/C=C(/C1CC1)CC/C=C\3)[C@@H](C)C[C@@H]2N. The molecule has 21 heavy (non-hydrogen) atoms. The summed E-state index contributed by atoms with van der Waals surface area (Å²) in [6.07, 6.45) is 13.6. The number of aryl methyl sites for hydroxylation is 1. The van der Waals surface area contributed by atoms with Crippen molar-refractivity contribution in [1.29, 1.82) is 0 Å². The van der Waals surface area contributed by atoms with E-state index in [0.717, 1.165) is 12.3 Å². The Morgan fingerprint density at radius 3 is 2.76 bits per heavy atom. The summed E-state index contributed by atoms with van der Waals surface area (Å²) in [6.45, 7) is 4.59. The zero-order valence-electron chi connectivity index (χ0n) is 13.2. The summed E-state index contributed by atoms with van der Waals surface area (Å²) < 4.78 is 0. The molecule has 1 saturated carbocycles. The fourth-order valence-electron chi connectivity index (χ4n) is 4.24. The predicted octanol–water partition coefficient (Wildman–Crippen LogP) is 5.10. The Balaban J connectivity index is 1.94. The quantitative estimate of drug-likeness (QED) is 0.760. The Hall–Kier alpha value is -1.34. The maximum absolute atomic E-state index is 6.35. The molecule has 1 fully saturated rings. The van der Waals surface area contributed by atoms with Crippen LogP contribution in [0.2, 0.25) is 0 Å². The first-order valence-electron chi connectivity index (χ1n) is 8.45. The Bertz CT molecular complexity index is 646. The van der Waals surface area contributed by atoms with Crippen LogP contribution in [0.15, 0.2) is 17.7 Å². The molecular formula is C20H25N. The monoisotopic (exact) mass is 279 g/mol. The van der Waals surface area contributed by atoms with Crippen molar-refractivity contribution >= 4 is 12.2 Å². The number of hydrogen-bond donors (Lipinski definition) is 1. The second-order valence-corrected chi connectivity index (χ2v) is 7.20. The summed E-state index contributed by atoms with van der Waals surface area (Å²) in [6, 6.07) is 2.59. The van der Waals surface area contributed by atoms with Gasteiger partial charge in [0.1, 0.15) is 0 Å². The number of benzene rings is 1. The van der Waals surface area contributed by atoms with E-state index < -0.39 is 0 Å². The minimum absolute atomic E-state index is 0.227. The highest BCUT2D eigenvalue weighted by Crippen LogP contribution is 2.46. The van der Waals surface area contributed by atoms with E-state index in [2.05, 4.69) is 38.1 Å². The maximum atomic E-state index is 6.35. The van der Waals surface area contributed by atoms with Crippen LogP contribution in [0.5, 0.6) is 0 Å². The van der Waals surface area contributed by atoms with Gasteiger partial charge in [-0.05, 0) is 78.7 Å². The molecule has 0 unspecified atom stereocenters. The van der Waals surface area contributed by atoms with Crippen molar-refractivity contribution in [3.05, 3.63) is 45.5 Å². The van der Waals surface area contributed by atoms with Crippen molar-refractivity contribution in [1.82, 2.24) is 0 Å². The Labute approximate surface area is 127 Å². The third-order valence-electron chi connectivity index (χ3n) is 5.50. The summed E-state index contributed by atoms with van der Waals surface area (Å²) in [4.78, 5) is 0. The molecule has 1 aromatic rings. The highest BCUT2D eigenvalue weighted by Gasteiger charge is 2.31. The molecule has 110 valence electrons. The van der Waals surface area contributed by atoms with Crippen LogP contribution in [0.1, 0.15) is 78.8 Å². The van der Waals surface area contributed by atoms with Gasteiger partial charge < -0.3 is 5.73 Å². The molecule has 0 radical (unpaired) electrons. The molecule has 3 aliphatic carbocycles. The zero-order chi connectivity index (χ0) is 14.6. The van der Waals surface area contributed by atoms with Gasteiger partial charge in [0.05, 0.1) is 0 Å². The molecule has 0 amide bonds. The molecule has 4 rings (SSSR count). The Morgan fingerprint density at radius 1 is 1.19 bits per heavy atom. The molecular weight excluding hydrogens is 254 g/mol. The lowest BCUT2D eigenvalue weighted by molar-refractivity contribution is 0.639. The lowest BCUT2D eigenvalue weighted by atomic mass is 9.86. The van der Waals surface area contributed by atoms with Gasteiger partial charge in [0.2, 0.25) is 0 Å². The Morgan fingerprint density at radius 2 is 2.00 bits per heavy atom. The van der Waals surface area contributed by atoms with Gasteiger partial charge in [0.25, 0.3) is 0 Å². The highest BCUT2D eigenvalue weighted by molar-refractivity contribution is 5.75. The molecule has 0 bridgehead atoms. The van der Waals surface area contributed by atoms with Crippen molar-refractivity contribution in [2.24, 2.45) is 11.7 Å². The van der Waals surface area contributed by atoms with E-state index in [1.165, 1.54) is 53.5 Å². The van der Waals surface area contributed by atoms with Crippen LogP contribution in [-0.2, 0) is 0 Å². The molecule has 0 spiro atoms. The van der Waals surface area contributed by atoms with Crippen LogP contribution in [0.25, 0.3) is 12.2 Å². The molecule has 0 heterocycles. The van der Waals surface area contributed by atoms with Gasteiger partial charge in [-0.15, -0.1) is 0 Å². The fraction of sp³-hybridized carbons (Fsp3) is 0.500. The van der Waals surface area contributed by atoms with E-state index in [1.807, 2.05) is 0 Å². The van der Waals surface area contributed by atoms with Gasteiger partial charge in [-0.1, -0.05) is 36.8 Å². The smallest absolute Gasteiger partial charge is 0.0303 e. The van der Waals surface area contributed by atoms with Crippen LogP contribution in [-0.4, -0.2) is 0 Å². The first-order chi connectivity index (χ1) is 10.1. The molecule has 0 aliphatic heterocycles. The largest absolute Gasteiger partial charge is 0.324 e. The van der Waals surface area contributed by atoms with Gasteiger partial charge in [0.15, 0.2) is 0 Å². The standard InChI is InChI=1S/C20H25N/c1-12-9-18-19(21)10-13(2)20(18)16-6-4-3-5-15(11-17(12)16)14-7-8-14/h4,6,9,11,13-14,19H,3,5,7-8,10,21H2,1-2H3/b6-4-,15-11+/t13-,19-/m0/s1. The molecule has 1 aromatic carbocycles. The summed E-state index contributed by atoms with van der Waals surface area (Å²) in [5.74, 6) is 1.46. The van der Waals surface area contributed by atoms with Crippen LogP contribution in [0.3, 0.4) is 0 Å². The molecule has 2 atom stereocenters. The Kier molecular flexibility index (Phi) is 3.08. The van der Waals surface area contributed by atoms with Crippen molar-refractivity contribution in [3.63, 3.8) is 0 Å². The number of fused-ring (bicyclic) bond motifs is 3. The molecule has 0 saturated heterocycles. The molecule has 2 N–H and O–H groups in total. The zero-order valence-corrected chi connectivity index (χ0v) is 13.2. The number of hydrogen-bond acceptors (Lipinski definition) is 1. The summed E-state index contributed by atoms with van der Waals surface area (Å²) in [5, 5.41) is 0. The number of nitrogens with two attached hydrogens (primary N) is 1. The summed E-state index contributed by atoms with van der Waals surface area (Å²) >= 11 is 0. The van der Waals surface area contributed by atoms with E-state index in [4.69, 9.17) is 5.73 Å². The van der Waals surface area contributed by atoms with Crippen LogP contribution >= 0.6 is 0 Å². The average Bonchev–Trinajstić information content (AvgIpc) is 3.20. The average molecular weight is 279 g/mol. The summed E-state index contributed by atoms with van der Waals surface area (Å²) in [7, 11) is 0. The van der Waals surface area contributed by atoms with Gasteiger partial charge in [0, 0.05) is 6.04 Å². The lowest BCUT2D eigenvalue weighted by Crippen LogP contribution is -2.06. The van der Waals surface area contributed by atoms with Gasteiger partial charge in [-0.25, -0.2) is 0 Å². The third kappa shape index (κ3) is 2.19. The molecule has 3 aliphatic rings. The number of rotatable bonds is 1. The van der Waals surface area contributed by atoms with Crippen molar-refractivity contribution in [3.8, 4) is 0 Å². The normalized spacial score (nSPS) is 31.7. The van der Waals surface area contributed by atoms with Gasteiger partial charge in [-0.2, -0.15) is 0 Å². The first kappa shape index (κ1) is 13.3. The predicted molar refractivity (Wildman–Crippen MR) is 90.1 cm³/mol.